The van der Waals surface area contributed by atoms with Gasteiger partial charge in [-0.3, -0.25) is 9.59 Å². The highest BCUT2D eigenvalue weighted by atomic mass is 16.5. The minimum atomic E-state index is -0.469. The van der Waals surface area contributed by atoms with Gasteiger partial charge >= 0.3 is 11.9 Å². The van der Waals surface area contributed by atoms with Crippen molar-refractivity contribution in [1.82, 2.24) is 4.90 Å². The summed E-state index contributed by atoms with van der Waals surface area (Å²) in [5, 5.41) is 0. The molecule has 0 atom stereocenters. The first kappa shape index (κ1) is 25.4. The Balaban J connectivity index is 1.21. The Bertz CT molecular complexity index is 1540. The van der Waals surface area contributed by atoms with Gasteiger partial charge in [0.15, 0.2) is 0 Å². The fraction of sp³-hybridized carbons (Fsp3) is 0.0625. The minimum Gasteiger partial charge on any atom is -0.432 e. The molecule has 7 nitrogen and oxygen atoms in total. The molecule has 0 radical (unpaired) electrons. The van der Waals surface area contributed by atoms with Crippen molar-refractivity contribution in [3.8, 4) is 28.0 Å². The monoisotopic (exact) mass is 517 g/mol. The van der Waals surface area contributed by atoms with Crippen LogP contribution >= 0.6 is 0 Å². The molecule has 2 aliphatic rings. The Morgan fingerprint density at radius 1 is 0.692 bits per heavy atom. The quantitative estimate of drug-likeness (QED) is 0.171. The van der Waals surface area contributed by atoms with Crippen molar-refractivity contribution in [1.29, 1.82) is 0 Å². The number of imide groups is 1. The van der Waals surface area contributed by atoms with Crippen molar-refractivity contribution < 1.29 is 28.7 Å². The lowest BCUT2D eigenvalue weighted by Gasteiger charge is -2.21. The second kappa shape index (κ2) is 11.0. The fourth-order valence-corrected chi connectivity index (χ4v) is 4.35. The molecule has 3 aromatic carbocycles. The van der Waals surface area contributed by atoms with E-state index in [1.165, 1.54) is 12.2 Å². The van der Waals surface area contributed by atoms with Crippen LogP contribution in [0.5, 0.6) is 5.75 Å². The number of carbonyl (C=O) groups excluding carboxylic acids is 4. The summed E-state index contributed by atoms with van der Waals surface area (Å²) >= 11 is 0. The van der Waals surface area contributed by atoms with Gasteiger partial charge in [0.2, 0.25) is 0 Å². The van der Waals surface area contributed by atoms with Crippen molar-refractivity contribution in [2.75, 3.05) is 0 Å². The Kier molecular flexibility index (Phi) is 7.14. The lowest BCUT2D eigenvalue weighted by molar-refractivity contribution is -0.134. The predicted octanol–water partition coefficient (Wildman–Crippen LogP) is 5.76. The van der Waals surface area contributed by atoms with E-state index >= 15 is 0 Å². The van der Waals surface area contributed by atoms with Gasteiger partial charge in [-0.05, 0) is 65.4 Å². The number of benzene rings is 3. The molecule has 1 heterocycles. The standard InChI is InChI=1S/C32H23NO6/c1-2-38-31(36)25-9-7-23(8-10-25)21-3-5-22(6-4-21)24-13-17-28(18-14-24)39-32(37)26-11-15-27(16-12-26)33-29(34)19-20-30(33)35/h2-11,13-15,17-20H,1,12,16H2. The molecular weight excluding hydrogens is 494 g/mol. The molecule has 0 saturated carbocycles. The maximum absolute atomic E-state index is 12.6. The average molecular weight is 518 g/mol. The van der Waals surface area contributed by atoms with Crippen molar-refractivity contribution in [3.63, 3.8) is 0 Å². The SMILES string of the molecule is C=COC(=O)c1ccc(-c2ccc(-c3ccc(OC(=O)C4=CC=C(N5C(=O)C=CC5=O)CC4)cc3)cc2)cc1. The highest BCUT2D eigenvalue weighted by molar-refractivity contribution is 6.14. The van der Waals surface area contributed by atoms with Crippen molar-refractivity contribution in [3.05, 3.63) is 127 Å². The summed E-state index contributed by atoms with van der Waals surface area (Å²) < 4.78 is 10.3. The van der Waals surface area contributed by atoms with E-state index in [1.807, 2.05) is 48.5 Å². The van der Waals surface area contributed by atoms with Gasteiger partial charge in [-0.1, -0.05) is 61.2 Å². The number of hydrogen-bond acceptors (Lipinski definition) is 6. The summed E-state index contributed by atoms with van der Waals surface area (Å²) in [7, 11) is 0. The van der Waals surface area contributed by atoms with Crippen LogP contribution in [-0.4, -0.2) is 28.7 Å². The maximum atomic E-state index is 12.6. The third-order valence-corrected chi connectivity index (χ3v) is 6.41. The van der Waals surface area contributed by atoms with Crippen LogP contribution in [0.4, 0.5) is 0 Å². The van der Waals surface area contributed by atoms with Crippen molar-refractivity contribution in [2.45, 2.75) is 12.8 Å². The number of esters is 2. The molecule has 0 fully saturated rings. The van der Waals surface area contributed by atoms with Crippen LogP contribution in [0.3, 0.4) is 0 Å². The Labute approximate surface area is 225 Å². The van der Waals surface area contributed by atoms with Crippen LogP contribution in [0.1, 0.15) is 23.2 Å². The summed E-state index contributed by atoms with van der Waals surface area (Å²) in [5.41, 5.74) is 5.40. The van der Waals surface area contributed by atoms with Gasteiger partial charge in [-0.25, -0.2) is 14.5 Å². The molecule has 0 N–H and O–H groups in total. The van der Waals surface area contributed by atoms with E-state index in [2.05, 4.69) is 6.58 Å². The fourth-order valence-electron chi connectivity index (χ4n) is 4.35. The number of allylic oxidation sites excluding steroid dienone is 3. The van der Waals surface area contributed by atoms with Gasteiger partial charge in [-0.15, -0.1) is 0 Å². The molecule has 5 rings (SSSR count). The molecule has 39 heavy (non-hydrogen) atoms. The third kappa shape index (κ3) is 5.52. The maximum Gasteiger partial charge on any atom is 0.342 e. The number of nitrogens with zero attached hydrogens (tertiary/aromatic N) is 1. The first-order valence-corrected chi connectivity index (χ1v) is 12.2. The van der Waals surface area contributed by atoms with E-state index in [1.54, 1.807) is 36.4 Å². The summed E-state index contributed by atoms with van der Waals surface area (Å²) in [4.78, 5) is 49.2. The Morgan fingerprint density at radius 3 is 1.69 bits per heavy atom. The first-order valence-electron chi connectivity index (χ1n) is 12.2. The van der Waals surface area contributed by atoms with Gasteiger partial charge in [-0.2, -0.15) is 0 Å². The summed E-state index contributed by atoms with van der Waals surface area (Å²) in [6, 6.07) is 22.4. The van der Waals surface area contributed by atoms with Gasteiger partial charge in [0.05, 0.1) is 11.8 Å². The highest BCUT2D eigenvalue weighted by Crippen LogP contribution is 2.28. The van der Waals surface area contributed by atoms with Gasteiger partial charge in [0.25, 0.3) is 11.8 Å². The molecule has 0 spiro atoms. The molecule has 1 aliphatic heterocycles. The zero-order valence-electron chi connectivity index (χ0n) is 20.8. The Hall–Kier alpha value is -5.30. The second-order valence-corrected chi connectivity index (χ2v) is 8.84. The molecule has 1 aliphatic carbocycles. The van der Waals surface area contributed by atoms with Crippen molar-refractivity contribution in [2.24, 2.45) is 0 Å². The highest BCUT2D eigenvalue weighted by Gasteiger charge is 2.28. The van der Waals surface area contributed by atoms with E-state index in [0.29, 0.717) is 35.4 Å². The molecule has 0 bridgehead atoms. The third-order valence-electron chi connectivity index (χ3n) is 6.41. The summed E-state index contributed by atoms with van der Waals surface area (Å²) in [6.45, 7) is 3.39. The van der Waals surface area contributed by atoms with Gasteiger partial charge in [0, 0.05) is 23.4 Å². The molecule has 7 heteroatoms. The van der Waals surface area contributed by atoms with Crippen molar-refractivity contribution >= 4 is 23.8 Å². The topological polar surface area (TPSA) is 90.0 Å². The number of ether oxygens (including phenoxy) is 2. The van der Waals surface area contributed by atoms with Gasteiger partial charge < -0.3 is 9.47 Å². The van der Waals surface area contributed by atoms with E-state index in [-0.39, 0.29) is 11.8 Å². The molecule has 192 valence electrons. The first-order chi connectivity index (χ1) is 18.9. The number of hydrogen-bond donors (Lipinski definition) is 0. The Morgan fingerprint density at radius 2 is 1.21 bits per heavy atom. The molecule has 0 saturated heterocycles. The molecule has 3 aromatic rings. The number of amides is 2. The van der Waals surface area contributed by atoms with E-state index in [9.17, 15) is 19.2 Å². The number of carbonyl (C=O) groups is 4. The molecule has 0 aromatic heterocycles. The second-order valence-electron chi connectivity index (χ2n) is 8.84. The predicted molar refractivity (Wildman–Crippen MR) is 145 cm³/mol. The van der Waals surface area contributed by atoms with Crippen LogP contribution in [0.25, 0.3) is 22.3 Å². The zero-order valence-corrected chi connectivity index (χ0v) is 20.8. The van der Waals surface area contributed by atoms with Crippen LogP contribution in [0.15, 0.2) is 121 Å². The normalized spacial score (nSPS) is 14.5. The van der Waals surface area contributed by atoms with Crippen LogP contribution < -0.4 is 4.74 Å². The van der Waals surface area contributed by atoms with Crippen LogP contribution in [0, 0.1) is 0 Å². The smallest absolute Gasteiger partial charge is 0.342 e. The lowest BCUT2D eigenvalue weighted by atomic mass is 9.99. The van der Waals surface area contributed by atoms with Crippen LogP contribution in [-0.2, 0) is 19.1 Å². The van der Waals surface area contributed by atoms with Crippen LogP contribution in [0.2, 0.25) is 0 Å². The summed E-state index contributed by atoms with van der Waals surface area (Å²) in [5.74, 6) is -1.25. The van der Waals surface area contributed by atoms with Gasteiger partial charge in [0.1, 0.15) is 5.75 Å². The molecule has 2 amide bonds. The molecular formula is C32H23NO6. The number of rotatable bonds is 7. The van der Waals surface area contributed by atoms with E-state index in [4.69, 9.17) is 9.47 Å². The zero-order chi connectivity index (χ0) is 27.4. The largest absolute Gasteiger partial charge is 0.432 e. The summed E-state index contributed by atoms with van der Waals surface area (Å²) in [6.07, 6.45) is 7.54. The minimum absolute atomic E-state index is 0.369. The lowest BCUT2D eigenvalue weighted by Crippen LogP contribution is -2.30. The van der Waals surface area contributed by atoms with E-state index < -0.39 is 11.9 Å². The average Bonchev–Trinajstić information content (AvgIpc) is 3.31. The van der Waals surface area contributed by atoms with E-state index in [0.717, 1.165) is 33.4 Å². The molecule has 0 unspecified atom stereocenters.